The van der Waals surface area contributed by atoms with Crippen LogP contribution in [0.2, 0.25) is 0 Å². The molecule has 3 rings (SSSR count). The van der Waals surface area contributed by atoms with Crippen molar-refractivity contribution in [1.82, 2.24) is 14.9 Å². The van der Waals surface area contributed by atoms with Crippen molar-refractivity contribution < 1.29 is 14.2 Å². The first-order chi connectivity index (χ1) is 12.7. The van der Waals surface area contributed by atoms with Crippen LogP contribution in [-0.4, -0.2) is 42.7 Å². The Hall–Kier alpha value is -2.34. The summed E-state index contributed by atoms with van der Waals surface area (Å²) in [4.78, 5) is 11.6. The lowest BCUT2D eigenvalue weighted by atomic mass is 10.1. The summed E-state index contributed by atoms with van der Waals surface area (Å²) < 4.78 is 16.5. The minimum atomic E-state index is 0.637. The van der Waals surface area contributed by atoms with E-state index in [4.69, 9.17) is 19.2 Å². The quantitative estimate of drug-likeness (QED) is 0.759. The predicted octanol–water partition coefficient (Wildman–Crippen LogP) is 3.01. The van der Waals surface area contributed by atoms with Gasteiger partial charge in [-0.15, -0.1) is 0 Å². The highest BCUT2D eigenvalue weighted by Crippen LogP contribution is 2.40. The summed E-state index contributed by atoms with van der Waals surface area (Å²) in [6.45, 7) is 4.74. The highest BCUT2D eigenvalue weighted by molar-refractivity contribution is 5.55. The van der Waals surface area contributed by atoms with Crippen LogP contribution in [0, 0.1) is 0 Å². The number of rotatable bonds is 7. The largest absolute Gasteiger partial charge is 0.493 e. The Morgan fingerprint density at radius 2 is 1.88 bits per heavy atom. The van der Waals surface area contributed by atoms with Gasteiger partial charge in [-0.3, -0.25) is 4.90 Å². The molecular weight excluding hydrogens is 330 g/mol. The number of hydrogen-bond acceptors (Lipinski definition) is 6. The standard InChI is InChI=1S/C20H27N3O3/c1-5-6-18-21-11-15-13-23(10-9-16(15)22-18)12-14-7-8-17(24-2)20(26-4)19(14)25-3/h7-8,11H,5-6,9-10,12-13H2,1-4H3. The summed E-state index contributed by atoms with van der Waals surface area (Å²) in [5.41, 5.74) is 3.49. The van der Waals surface area contributed by atoms with Gasteiger partial charge in [0.05, 0.1) is 21.3 Å². The highest BCUT2D eigenvalue weighted by atomic mass is 16.5. The van der Waals surface area contributed by atoms with Crippen LogP contribution < -0.4 is 14.2 Å². The molecule has 0 unspecified atom stereocenters. The minimum Gasteiger partial charge on any atom is -0.493 e. The predicted molar refractivity (Wildman–Crippen MR) is 99.9 cm³/mol. The molecule has 0 saturated heterocycles. The third-order valence-corrected chi connectivity index (χ3v) is 4.72. The SMILES string of the molecule is CCCc1ncc2c(n1)CCN(Cc1ccc(OC)c(OC)c1OC)C2. The second kappa shape index (κ2) is 8.36. The van der Waals surface area contributed by atoms with Crippen LogP contribution in [0.3, 0.4) is 0 Å². The molecule has 0 atom stereocenters. The fourth-order valence-corrected chi connectivity index (χ4v) is 3.42. The number of nitrogens with zero attached hydrogens (tertiary/aromatic N) is 3. The van der Waals surface area contributed by atoms with Crippen molar-refractivity contribution in [2.24, 2.45) is 0 Å². The zero-order valence-corrected chi connectivity index (χ0v) is 16.0. The van der Waals surface area contributed by atoms with Crippen LogP contribution in [0.25, 0.3) is 0 Å². The van der Waals surface area contributed by atoms with Crippen LogP contribution in [0.15, 0.2) is 18.3 Å². The molecule has 6 heteroatoms. The number of methoxy groups -OCH3 is 3. The molecule has 1 aliphatic rings. The third kappa shape index (κ3) is 3.75. The van der Waals surface area contributed by atoms with Gasteiger partial charge in [-0.1, -0.05) is 13.0 Å². The molecule has 0 spiro atoms. The molecule has 0 radical (unpaired) electrons. The summed E-state index contributed by atoms with van der Waals surface area (Å²) in [6.07, 6.45) is 4.96. The summed E-state index contributed by atoms with van der Waals surface area (Å²) in [5, 5.41) is 0. The number of fused-ring (bicyclic) bond motifs is 1. The Kier molecular flexibility index (Phi) is 5.93. The third-order valence-electron chi connectivity index (χ3n) is 4.72. The van der Waals surface area contributed by atoms with Gasteiger partial charge < -0.3 is 14.2 Å². The smallest absolute Gasteiger partial charge is 0.203 e. The molecule has 1 aromatic heterocycles. The lowest BCUT2D eigenvalue weighted by molar-refractivity contribution is 0.236. The van der Waals surface area contributed by atoms with Gasteiger partial charge in [0.15, 0.2) is 11.5 Å². The van der Waals surface area contributed by atoms with Gasteiger partial charge >= 0.3 is 0 Å². The number of ether oxygens (including phenoxy) is 3. The van der Waals surface area contributed by atoms with E-state index < -0.39 is 0 Å². The van der Waals surface area contributed by atoms with E-state index in [1.165, 1.54) is 11.3 Å². The van der Waals surface area contributed by atoms with Crippen LogP contribution >= 0.6 is 0 Å². The van der Waals surface area contributed by atoms with Gasteiger partial charge in [0.25, 0.3) is 0 Å². The van der Waals surface area contributed by atoms with E-state index in [9.17, 15) is 0 Å². The number of aryl methyl sites for hydroxylation is 1. The van der Waals surface area contributed by atoms with Crippen LogP contribution in [0.4, 0.5) is 0 Å². The van der Waals surface area contributed by atoms with Crippen molar-refractivity contribution in [2.75, 3.05) is 27.9 Å². The molecule has 2 aromatic rings. The molecule has 0 N–H and O–H groups in total. The van der Waals surface area contributed by atoms with Crippen LogP contribution in [0.1, 0.15) is 36.0 Å². The normalized spacial score (nSPS) is 14.0. The summed E-state index contributed by atoms with van der Waals surface area (Å²) in [7, 11) is 4.92. The average Bonchev–Trinajstić information content (AvgIpc) is 2.67. The fourth-order valence-electron chi connectivity index (χ4n) is 3.42. The van der Waals surface area contributed by atoms with Gasteiger partial charge in [0.2, 0.25) is 5.75 Å². The fraction of sp³-hybridized carbons (Fsp3) is 0.500. The zero-order chi connectivity index (χ0) is 18.5. The molecule has 0 bridgehead atoms. The summed E-state index contributed by atoms with van der Waals surface area (Å²) in [5.74, 6) is 3.00. The van der Waals surface area contributed by atoms with E-state index in [2.05, 4.69) is 16.8 Å². The monoisotopic (exact) mass is 357 g/mol. The van der Waals surface area contributed by atoms with Crippen molar-refractivity contribution >= 4 is 0 Å². The van der Waals surface area contributed by atoms with Crippen molar-refractivity contribution in [3.05, 3.63) is 41.0 Å². The molecule has 26 heavy (non-hydrogen) atoms. The molecule has 140 valence electrons. The summed E-state index contributed by atoms with van der Waals surface area (Å²) in [6, 6.07) is 3.96. The van der Waals surface area contributed by atoms with E-state index in [-0.39, 0.29) is 0 Å². The maximum absolute atomic E-state index is 5.61. The molecule has 2 heterocycles. The van der Waals surface area contributed by atoms with E-state index in [1.807, 2.05) is 18.3 Å². The van der Waals surface area contributed by atoms with Gasteiger partial charge in [-0.05, 0) is 12.5 Å². The van der Waals surface area contributed by atoms with Crippen molar-refractivity contribution in [2.45, 2.75) is 39.3 Å². The first kappa shape index (κ1) is 18.5. The van der Waals surface area contributed by atoms with Gasteiger partial charge in [-0.25, -0.2) is 9.97 Å². The first-order valence-electron chi connectivity index (χ1n) is 9.04. The molecule has 1 aliphatic heterocycles. The number of hydrogen-bond donors (Lipinski definition) is 0. The Labute approximate surface area is 155 Å². The molecule has 0 saturated carbocycles. The molecular formula is C20H27N3O3. The molecule has 6 nitrogen and oxygen atoms in total. The minimum absolute atomic E-state index is 0.637. The maximum Gasteiger partial charge on any atom is 0.203 e. The molecule has 0 aliphatic carbocycles. The Morgan fingerprint density at radius 3 is 2.58 bits per heavy atom. The van der Waals surface area contributed by atoms with E-state index in [1.54, 1.807) is 21.3 Å². The number of aromatic nitrogens is 2. The van der Waals surface area contributed by atoms with Crippen molar-refractivity contribution in [3.8, 4) is 17.2 Å². The Balaban J connectivity index is 1.78. The topological polar surface area (TPSA) is 56.7 Å². The van der Waals surface area contributed by atoms with Gasteiger partial charge in [0, 0.05) is 55.5 Å². The maximum atomic E-state index is 5.61. The van der Waals surface area contributed by atoms with Crippen molar-refractivity contribution in [1.29, 1.82) is 0 Å². The highest BCUT2D eigenvalue weighted by Gasteiger charge is 2.22. The van der Waals surface area contributed by atoms with Crippen LogP contribution in [-0.2, 0) is 25.9 Å². The van der Waals surface area contributed by atoms with E-state index in [0.29, 0.717) is 11.5 Å². The molecule has 0 fully saturated rings. The summed E-state index contributed by atoms with van der Waals surface area (Å²) >= 11 is 0. The molecule has 1 aromatic carbocycles. The lowest BCUT2D eigenvalue weighted by Gasteiger charge is -2.29. The molecule has 0 amide bonds. The lowest BCUT2D eigenvalue weighted by Crippen LogP contribution is -2.31. The van der Waals surface area contributed by atoms with Crippen LogP contribution in [0.5, 0.6) is 17.2 Å². The Bertz CT molecular complexity index is 764. The second-order valence-electron chi connectivity index (χ2n) is 6.46. The first-order valence-corrected chi connectivity index (χ1v) is 9.04. The zero-order valence-electron chi connectivity index (χ0n) is 16.0. The average molecular weight is 357 g/mol. The number of benzene rings is 1. The van der Waals surface area contributed by atoms with Crippen molar-refractivity contribution in [3.63, 3.8) is 0 Å². The van der Waals surface area contributed by atoms with Gasteiger partial charge in [0.1, 0.15) is 5.82 Å². The van der Waals surface area contributed by atoms with E-state index >= 15 is 0 Å². The Morgan fingerprint density at radius 1 is 1.08 bits per heavy atom. The second-order valence-corrected chi connectivity index (χ2v) is 6.46. The van der Waals surface area contributed by atoms with E-state index in [0.717, 1.165) is 56.0 Å². The van der Waals surface area contributed by atoms with Gasteiger partial charge in [-0.2, -0.15) is 0 Å².